The molecule has 126 valence electrons. The smallest absolute Gasteiger partial charge is 0.220 e. The molecule has 23 heavy (non-hydrogen) atoms. The summed E-state index contributed by atoms with van der Waals surface area (Å²) in [5.74, 6) is 1.49. The number of benzene rings is 1. The van der Waals surface area contributed by atoms with Crippen molar-refractivity contribution in [2.24, 2.45) is 5.92 Å². The third kappa shape index (κ3) is 5.21. The molecule has 3 rings (SSSR count). The molecule has 2 unspecified atom stereocenters. The summed E-state index contributed by atoms with van der Waals surface area (Å²) in [5.41, 5.74) is 0. The highest BCUT2D eigenvalue weighted by Crippen LogP contribution is 2.32. The second-order valence-corrected chi connectivity index (χ2v) is 7.85. The second kappa shape index (κ2) is 8.15. The van der Waals surface area contributed by atoms with Gasteiger partial charge in [0, 0.05) is 29.9 Å². The van der Waals surface area contributed by atoms with Gasteiger partial charge in [0.15, 0.2) is 0 Å². The number of nitrogens with one attached hydrogen (secondary N) is 2. The Morgan fingerprint density at radius 2 is 1.91 bits per heavy atom. The van der Waals surface area contributed by atoms with Crippen molar-refractivity contribution >= 4 is 17.7 Å². The van der Waals surface area contributed by atoms with E-state index in [9.17, 15) is 9.18 Å². The monoisotopic (exact) mass is 336 g/mol. The molecule has 2 aliphatic heterocycles. The minimum atomic E-state index is -0.201. The highest BCUT2D eigenvalue weighted by molar-refractivity contribution is 7.99. The number of hydrogen-bond donors (Lipinski definition) is 2. The van der Waals surface area contributed by atoms with Crippen molar-refractivity contribution in [3.05, 3.63) is 30.1 Å². The molecule has 2 atom stereocenters. The van der Waals surface area contributed by atoms with Crippen LogP contribution in [0.5, 0.6) is 0 Å². The third-order valence-electron chi connectivity index (χ3n) is 4.77. The maximum atomic E-state index is 12.8. The summed E-state index contributed by atoms with van der Waals surface area (Å²) in [7, 11) is 0. The first-order chi connectivity index (χ1) is 11.2. The number of fused-ring (bicyclic) bond motifs is 2. The number of thioether (sulfide) groups is 1. The molecule has 1 aromatic carbocycles. The molecule has 3 nitrogen and oxygen atoms in total. The van der Waals surface area contributed by atoms with Crippen LogP contribution in [0.4, 0.5) is 4.39 Å². The number of amides is 1. The molecule has 5 heteroatoms. The minimum absolute atomic E-state index is 0.197. The summed E-state index contributed by atoms with van der Waals surface area (Å²) in [4.78, 5) is 13.1. The average molecular weight is 336 g/mol. The molecule has 0 spiro atoms. The van der Waals surface area contributed by atoms with Crippen LogP contribution in [0.25, 0.3) is 0 Å². The maximum Gasteiger partial charge on any atom is 0.220 e. The Hall–Kier alpha value is -1.07. The van der Waals surface area contributed by atoms with Crippen molar-refractivity contribution in [1.29, 1.82) is 0 Å². The number of rotatable bonds is 7. The van der Waals surface area contributed by atoms with Crippen molar-refractivity contribution < 1.29 is 9.18 Å². The van der Waals surface area contributed by atoms with E-state index >= 15 is 0 Å². The first-order valence-electron chi connectivity index (χ1n) is 8.60. The average Bonchev–Trinajstić information content (AvgIpc) is 2.87. The molecule has 2 saturated heterocycles. The first kappa shape index (κ1) is 16.8. The summed E-state index contributed by atoms with van der Waals surface area (Å²) >= 11 is 1.70. The lowest BCUT2D eigenvalue weighted by molar-refractivity contribution is -0.122. The molecule has 0 radical (unpaired) electrons. The van der Waals surface area contributed by atoms with Crippen LogP contribution in [0.15, 0.2) is 29.2 Å². The van der Waals surface area contributed by atoms with E-state index in [1.54, 1.807) is 23.9 Å². The Kier molecular flexibility index (Phi) is 5.95. The molecule has 1 aromatic rings. The summed E-state index contributed by atoms with van der Waals surface area (Å²) in [6.45, 7) is 0.727. The van der Waals surface area contributed by atoms with Gasteiger partial charge in [0.25, 0.3) is 0 Å². The van der Waals surface area contributed by atoms with Crippen LogP contribution in [-0.4, -0.2) is 30.3 Å². The summed E-state index contributed by atoms with van der Waals surface area (Å²) in [5, 5.41) is 6.66. The Morgan fingerprint density at radius 3 is 2.61 bits per heavy atom. The van der Waals surface area contributed by atoms with E-state index in [-0.39, 0.29) is 11.7 Å². The van der Waals surface area contributed by atoms with Crippen LogP contribution in [-0.2, 0) is 4.79 Å². The van der Waals surface area contributed by atoms with Crippen LogP contribution < -0.4 is 10.6 Å². The molecule has 2 bridgehead atoms. The van der Waals surface area contributed by atoms with Gasteiger partial charge in [-0.15, -0.1) is 11.8 Å². The Balaban J connectivity index is 1.27. The molecule has 2 aliphatic rings. The van der Waals surface area contributed by atoms with Gasteiger partial charge in [-0.3, -0.25) is 4.79 Å². The normalized spacial score (nSPS) is 26.2. The first-order valence-corrected chi connectivity index (χ1v) is 9.59. The number of hydrogen-bond acceptors (Lipinski definition) is 3. The van der Waals surface area contributed by atoms with Gasteiger partial charge < -0.3 is 10.6 Å². The van der Waals surface area contributed by atoms with Gasteiger partial charge >= 0.3 is 0 Å². The van der Waals surface area contributed by atoms with Gasteiger partial charge in [-0.2, -0.15) is 0 Å². The Morgan fingerprint density at radius 1 is 1.22 bits per heavy atom. The summed E-state index contributed by atoms with van der Waals surface area (Å²) in [6.07, 6.45) is 6.49. The number of carbonyl (C=O) groups excluding carboxylic acids is 1. The zero-order valence-electron chi connectivity index (χ0n) is 13.4. The lowest BCUT2D eigenvalue weighted by Crippen LogP contribution is -2.39. The molecular weight excluding hydrogens is 311 g/mol. The predicted octanol–water partition coefficient (Wildman–Crippen LogP) is 3.34. The van der Waals surface area contributed by atoms with E-state index in [2.05, 4.69) is 10.6 Å². The van der Waals surface area contributed by atoms with Gasteiger partial charge in [-0.05, 0) is 68.0 Å². The number of carbonyl (C=O) groups is 1. The lowest BCUT2D eigenvalue weighted by Gasteiger charge is -2.28. The van der Waals surface area contributed by atoms with Crippen molar-refractivity contribution in [3.63, 3.8) is 0 Å². The van der Waals surface area contributed by atoms with Crippen molar-refractivity contribution in [3.8, 4) is 0 Å². The van der Waals surface area contributed by atoms with Crippen molar-refractivity contribution in [1.82, 2.24) is 10.6 Å². The zero-order chi connectivity index (χ0) is 16.1. The van der Waals surface area contributed by atoms with Crippen LogP contribution in [0.2, 0.25) is 0 Å². The Bertz CT molecular complexity index is 510. The SMILES string of the molecule is O=C(CC1CC2CCC(C1)N2)NCCCSc1ccc(F)cc1. The van der Waals surface area contributed by atoms with Gasteiger partial charge in [0.05, 0.1) is 0 Å². The lowest BCUT2D eigenvalue weighted by atomic mass is 9.89. The van der Waals surface area contributed by atoms with Crippen molar-refractivity contribution in [2.75, 3.05) is 12.3 Å². The van der Waals surface area contributed by atoms with Gasteiger partial charge in [0.2, 0.25) is 5.91 Å². The minimum Gasteiger partial charge on any atom is -0.356 e. The van der Waals surface area contributed by atoms with E-state index in [0.717, 1.165) is 36.5 Å². The van der Waals surface area contributed by atoms with Gasteiger partial charge in [0.1, 0.15) is 5.82 Å². The number of halogens is 1. The molecule has 0 aromatic heterocycles. The second-order valence-electron chi connectivity index (χ2n) is 6.69. The molecule has 0 aliphatic carbocycles. The molecule has 2 fully saturated rings. The van der Waals surface area contributed by atoms with Crippen LogP contribution in [0.1, 0.15) is 38.5 Å². The summed E-state index contributed by atoms with van der Waals surface area (Å²) < 4.78 is 12.8. The third-order valence-corrected chi connectivity index (χ3v) is 5.87. The van der Waals surface area contributed by atoms with Crippen LogP contribution >= 0.6 is 11.8 Å². The standard InChI is InChI=1S/C18H25FN2OS/c19-14-2-6-17(7-3-14)23-9-1-8-20-18(22)12-13-10-15-4-5-16(11-13)21-15/h2-3,6-7,13,15-16,21H,1,4-5,8-12H2,(H,20,22). The van der Waals surface area contributed by atoms with E-state index in [0.29, 0.717) is 24.4 Å². The van der Waals surface area contributed by atoms with Crippen molar-refractivity contribution in [2.45, 2.75) is 55.5 Å². The molecular formula is C18H25FN2OS. The molecule has 1 amide bonds. The highest BCUT2D eigenvalue weighted by atomic mass is 32.2. The van der Waals surface area contributed by atoms with Crippen LogP contribution in [0, 0.1) is 11.7 Å². The number of piperidine rings is 1. The van der Waals surface area contributed by atoms with Gasteiger partial charge in [-0.25, -0.2) is 4.39 Å². The van der Waals surface area contributed by atoms with E-state index in [1.807, 2.05) is 0 Å². The van der Waals surface area contributed by atoms with Gasteiger partial charge in [-0.1, -0.05) is 0 Å². The van der Waals surface area contributed by atoms with E-state index < -0.39 is 0 Å². The zero-order valence-corrected chi connectivity index (χ0v) is 14.2. The fourth-order valence-electron chi connectivity index (χ4n) is 3.70. The molecule has 2 N–H and O–H groups in total. The Labute approximate surface area is 141 Å². The fourth-order valence-corrected chi connectivity index (χ4v) is 4.55. The fraction of sp³-hybridized carbons (Fsp3) is 0.611. The van der Waals surface area contributed by atoms with E-state index in [4.69, 9.17) is 0 Å². The van der Waals surface area contributed by atoms with Crippen LogP contribution in [0.3, 0.4) is 0 Å². The topological polar surface area (TPSA) is 41.1 Å². The molecule has 2 heterocycles. The molecule has 0 saturated carbocycles. The van der Waals surface area contributed by atoms with E-state index in [1.165, 1.54) is 25.0 Å². The summed E-state index contributed by atoms with van der Waals surface area (Å²) in [6, 6.07) is 7.86. The predicted molar refractivity (Wildman–Crippen MR) is 92.0 cm³/mol. The highest BCUT2D eigenvalue weighted by Gasteiger charge is 2.33. The quantitative estimate of drug-likeness (QED) is 0.593. The largest absolute Gasteiger partial charge is 0.356 e. The maximum absolute atomic E-state index is 12.8.